The molecule has 19 heavy (non-hydrogen) atoms. The molecule has 102 valence electrons. The van der Waals surface area contributed by atoms with Gasteiger partial charge in [-0.25, -0.2) is 0 Å². The molecule has 0 spiro atoms. The lowest BCUT2D eigenvalue weighted by atomic mass is 10.2. The highest BCUT2D eigenvalue weighted by Crippen LogP contribution is 2.29. The van der Waals surface area contributed by atoms with Gasteiger partial charge in [-0.15, -0.1) is 0 Å². The quantitative estimate of drug-likeness (QED) is 0.859. The Morgan fingerprint density at radius 2 is 2.00 bits per heavy atom. The lowest BCUT2D eigenvalue weighted by molar-refractivity contribution is -0.137. The fourth-order valence-electron chi connectivity index (χ4n) is 1.66. The van der Waals surface area contributed by atoms with Gasteiger partial charge in [0, 0.05) is 12.2 Å². The second kappa shape index (κ2) is 4.76. The summed E-state index contributed by atoms with van der Waals surface area (Å²) in [5, 5.41) is 6.62. The summed E-state index contributed by atoms with van der Waals surface area (Å²) < 4.78 is 39.5. The number of H-pyrrole nitrogens is 1. The van der Waals surface area contributed by atoms with Crippen molar-refractivity contribution >= 4 is 12.2 Å². The molecular formula is C11H11F3N4S. The Bertz CT molecular complexity index is 625. The van der Waals surface area contributed by atoms with E-state index in [1.165, 1.54) is 6.07 Å². The zero-order chi connectivity index (χ0) is 14.2. The summed E-state index contributed by atoms with van der Waals surface area (Å²) in [5.41, 5.74) is -0.449. The summed E-state index contributed by atoms with van der Waals surface area (Å²) in [6, 6.07) is 2.29. The average molecular weight is 288 g/mol. The van der Waals surface area contributed by atoms with E-state index in [2.05, 4.69) is 15.2 Å². The molecule has 2 heterocycles. The Morgan fingerprint density at radius 3 is 2.47 bits per heavy atom. The third-order valence-corrected chi connectivity index (χ3v) is 2.83. The zero-order valence-electron chi connectivity index (χ0n) is 10.2. The number of nitrogens with one attached hydrogen (secondary N) is 1. The number of pyridine rings is 1. The van der Waals surface area contributed by atoms with Crippen LogP contribution in [0.4, 0.5) is 13.2 Å². The monoisotopic (exact) mass is 288 g/mol. The molecule has 1 N–H and O–H groups in total. The SMILES string of the molecule is CC(C)n1c(-c2ccc(C(F)(F)F)cn2)n[nH]c1=S. The van der Waals surface area contributed by atoms with Gasteiger partial charge in [-0.1, -0.05) is 0 Å². The first-order valence-electron chi connectivity index (χ1n) is 5.51. The first kappa shape index (κ1) is 13.7. The van der Waals surface area contributed by atoms with Crippen LogP contribution in [0.5, 0.6) is 0 Å². The molecule has 2 rings (SSSR count). The molecule has 2 aromatic rings. The molecule has 0 atom stereocenters. The van der Waals surface area contributed by atoms with Crippen LogP contribution < -0.4 is 0 Å². The molecule has 2 aromatic heterocycles. The second-order valence-electron chi connectivity index (χ2n) is 4.25. The summed E-state index contributed by atoms with van der Waals surface area (Å²) in [6.07, 6.45) is -3.61. The molecule has 0 fully saturated rings. The Morgan fingerprint density at radius 1 is 1.32 bits per heavy atom. The maximum absolute atomic E-state index is 12.4. The first-order chi connectivity index (χ1) is 8.80. The molecule has 0 unspecified atom stereocenters. The Hall–Kier alpha value is -1.70. The fourth-order valence-corrected chi connectivity index (χ4v) is 2.00. The lowest BCUT2D eigenvalue weighted by Gasteiger charge is -2.10. The normalized spacial score (nSPS) is 12.1. The highest BCUT2D eigenvalue weighted by Gasteiger charge is 2.30. The summed E-state index contributed by atoms with van der Waals surface area (Å²) in [4.78, 5) is 3.80. The third kappa shape index (κ3) is 2.67. The van der Waals surface area contributed by atoms with E-state index >= 15 is 0 Å². The lowest BCUT2D eigenvalue weighted by Crippen LogP contribution is -2.07. The van der Waals surface area contributed by atoms with Crippen LogP contribution in [0.2, 0.25) is 0 Å². The maximum atomic E-state index is 12.4. The minimum absolute atomic E-state index is 0.0327. The smallest absolute Gasteiger partial charge is 0.296 e. The van der Waals surface area contributed by atoms with Crippen LogP contribution in [0.1, 0.15) is 25.5 Å². The summed E-state index contributed by atoms with van der Waals surface area (Å²) in [5.74, 6) is 0.425. The summed E-state index contributed by atoms with van der Waals surface area (Å²) >= 11 is 5.07. The first-order valence-corrected chi connectivity index (χ1v) is 5.92. The highest BCUT2D eigenvalue weighted by molar-refractivity contribution is 7.71. The van der Waals surface area contributed by atoms with Crippen LogP contribution >= 0.6 is 12.2 Å². The van der Waals surface area contributed by atoms with E-state index in [4.69, 9.17) is 12.2 Å². The van der Waals surface area contributed by atoms with Crippen LogP contribution in [-0.4, -0.2) is 19.7 Å². The van der Waals surface area contributed by atoms with Crippen molar-refractivity contribution in [1.82, 2.24) is 19.7 Å². The number of aromatic amines is 1. The summed E-state index contributed by atoms with van der Waals surface area (Å²) in [7, 11) is 0. The van der Waals surface area contributed by atoms with Crippen LogP contribution in [0.15, 0.2) is 18.3 Å². The maximum Gasteiger partial charge on any atom is 0.417 e. The van der Waals surface area contributed by atoms with Crippen LogP contribution in [-0.2, 0) is 6.18 Å². The van der Waals surface area contributed by atoms with Gasteiger partial charge in [-0.3, -0.25) is 14.6 Å². The molecular weight excluding hydrogens is 277 g/mol. The number of rotatable bonds is 2. The summed E-state index contributed by atoms with van der Waals surface area (Å²) in [6.45, 7) is 3.80. The number of alkyl halides is 3. The third-order valence-electron chi connectivity index (χ3n) is 2.54. The van der Waals surface area contributed by atoms with Crippen molar-refractivity contribution in [3.8, 4) is 11.5 Å². The van der Waals surface area contributed by atoms with Crippen molar-refractivity contribution in [3.05, 3.63) is 28.7 Å². The van der Waals surface area contributed by atoms with Gasteiger partial charge in [0.25, 0.3) is 0 Å². The highest BCUT2D eigenvalue weighted by atomic mass is 32.1. The van der Waals surface area contributed by atoms with Crippen molar-refractivity contribution < 1.29 is 13.2 Å². The van der Waals surface area contributed by atoms with Gasteiger partial charge in [0.2, 0.25) is 0 Å². The standard InChI is InChI=1S/C11H11F3N4S/c1-6(2)18-9(16-17-10(18)19)8-4-3-7(5-15-8)11(12,13)14/h3-6H,1-2H3,(H,17,19). The van der Waals surface area contributed by atoms with Gasteiger partial charge in [-0.05, 0) is 38.2 Å². The largest absolute Gasteiger partial charge is 0.417 e. The van der Waals surface area contributed by atoms with E-state index in [1.807, 2.05) is 13.8 Å². The minimum atomic E-state index is -4.39. The zero-order valence-corrected chi connectivity index (χ0v) is 11.0. The predicted molar refractivity (Wildman–Crippen MR) is 66.0 cm³/mol. The molecule has 0 aliphatic carbocycles. The molecule has 0 amide bonds. The van der Waals surface area contributed by atoms with Crippen LogP contribution in [0.3, 0.4) is 0 Å². The molecule has 0 radical (unpaired) electrons. The molecule has 8 heteroatoms. The van der Waals surface area contributed by atoms with Crippen LogP contribution in [0, 0.1) is 4.77 Å². The van der Waals surface area contributed by atoms with Gasteiger partial charge < -0.3 is 0 Å². The Labute approximate surface area is 112 Å². The van der Waals surface area contributed by atoms with E-state index in [1.54, 1.807) is 4.57 Å². The molecule has 0 aliphatic heterocycles. The van der Waals surface area contributed by atoms with Crippen molar-refractivity contribution in [3.63, 3.8) is 0 Å². The number of halogens is 3. The van der Waals surface area contributed by atoms with Gasteiger partial charge in [-0.2, -0.15) is 18.3 Å². The molecule has 0 saturated heterocycles. The number of nitrogens with zero attached hydrogens (tertiary/aromatic N) is 3. The van der Waals surface area contributed by atoms with Gasteiger partial charge in [0.1, 0.15) is 5.69 Å². The Kier molecular flexibility index (Phi) is 3.44. The van der Waals surface area contributed by atoms with Crippen LogP contribution in [0.25, 0.3) is 11.5 Å². The van der Waals surface area contributed by atoms with Gasteiger partial charge in [0.15, 0.2) is 10.6 Å². The topological polar surface area (TPSA) is 46.5 Å². The fraction of sp³-hybridized carbons (Fsp3) is 0.364. The number of hydrogen-bond donors (Lipinski definition) is 1. The predicted octanol–water partition coefficient (Wildman–Crippen LogP) is 3.60. The van der Waals surface area contributed by atoms with Gasteiger partial charge in [0.05, 0.1) is 5.56 Å². The molecule has 0 aliphatic rings. The minimum Gasteiger partial charge on any atom is -0.296 e. The Balaban J connectivity index is 2.47. The van der Waals surface area contributed by atoms with Crippen molar-refractivity contribution in [2.45, 2.75) is 26.1 Å². The van der Waals surface area contributed by atoms with E-state index in [0.29, 0.717) is 16.3 Å². The second-order valence-corrected chi connectivity index (χ2v) is 4.63. The number of hydrogen-bond acceptors (Lipinski definition) is 3. The molecule has 0 aromatic carbocycles. The van der Waals surface area contributed by atoms with E-state index in [-0.39, 0.29) is 6.04 Å². The molecule has 0 saturated carbocycles. The van der Waals surface area contributed by atoms with Crippen molar-refractivity contribution in [2.75, 3.05) is 0 Å². The number of aromatic nitrogens is 4. The van der Waals surface area contributed by atoms with E-state index in [9.17, 15) is 13.2 Å². The van der Waals surface area contributed by atoms with E-state index < -0.39 is 11.7 Å². The van der Waals surface area contributed by atoms with Gasteiger partial charge >= 0.3 is 6.18 Å². The molecule has 4 nitrogen and oxygen atoms in total. The van der Waals surface area contributed by atoms with Crippen molar-refractivity contribution in [2.24, 2.45) is 0 Å². The van der Waals surface area contributed by atoms with E-state index in [0.717, 1.165) is 12.3 Å². The average Bonchev–Trinajstić information content (AvgIpc) is 2.70. The molecule has 0 bridgehead atoms. The van der Waals surface area contributed by atoms with Crippen molar-refractivity contribution in [1.29, 1.82) is 0 Å².